The average Bonchev–Trinajstić information content (AvgIpc) is 2.34. The van der Waals surface area contributed by atoms with Crippen molar-refractivity contribution in [1.82, 2.24) is 0 Å². The van der Waals surface area contributed by atoms with Gasteiger partial charge in [-0.3, -0.25) is 0 Å². The molecule has 0 aliphatic rings. The fourth-order valence-corrected chi connectivity index (χ4v) is 1.49. The van der Waals surface area contributed by atoms with Gasteiger partial charge < -0.3 is 17.3 Å². The van der Waals surface area contributed by atoms with Gasteiger partial charge in [0.25, 0.3) is 6.54 Å². The molecule has 6 heteroatoms. The van der Waals surface area contributed by atoms with Gasteiger partial charge in [0.2, 0.25) is 0 Å². The summed E-state index contributed by atoms with van der Waals surface area (Å²) in [5.41, 5.74) is 1.07. The quantitative estimate of drug-likeness (QED) is 0.476. The molecule has 0 N–H and O–H groups in total. The number of hydrogen-bond acceptors (Lipinski definition) is 0. The molecule has 0 amide bonds. The molecule has 0 radical (unpaired) electrons. The van der Waals surface area contributed by atoms with Crippen LogP contribution < -0.4 is 0 Å². The van der Waals surface area contributed by atoms with Crippen LogP contribution in [0, 0.1) is 6.07 Å². The van der Waals surface area contributed by atoms with Gasteiger partial charge in [-0.25, -0.2) is 0 Å². The molecule has 0 bridgehead atoms. The smallest absolute Gasteiger partial charge is 0.418 e. The zero-order valence-electron chi connectivity index (χ0n) is 10.3. The maximum atomic E-state index is 9.75. The van der Waals surface area contributed by atoms with Crippen LogP contribution in [-0.4, -0.2) is 13.8 Å². The summed E-state index contributed by atoms with van der Waals surface area (Å²) in [6, 6.07) is 17.5. The minimum Gasteiger partial charge on any atom is -0.418 e. The molecular formula is C13H12BF4N. The van der Waals surface area contributed by atoms with E-state index in [4.69, 9.17) is 0 Å². The van der Waals surface area contributed by atoms with E-state index >= 15 is 0 Å². The molecule has 0 aliphatic carbocycles. The number of fused-ring (bicyclic) bond motifs is 1. The average molecular weight is 269 g/mol. The zero-order valence-corrected chi connectivity index (χ0v) is 10.3. The summed E-state index contributed by atoms with van der Waals surface area (Å²) >= 11 is 0. The molecule has 0 fully saturated rings. The minimum atomic E-state index is -6.00. The van der Waals surface area contributed by atoms with Gasteiger partial charge in [0.05, 0.1) is 0 Å². The molecular weight excluding hydrogens is 257 g/mol. The maximum absolute atomic E-state index is 9.75. The largest absolute Gasteiger partial charge is 0.673 e. The number of rotatable bonds is 0. The Kier molecular flexibility index (Phi) is 5.37. The lowest BCUT2D eigenvalue weighted by Gasteiger charge is -1.95. The van der Waals surface area contributed by atoms with E-state index in [-0.39, 0.29) is 0 Å². The van der Waals surface area contributed by atoms with Crippen LogP contribution in [0.1, 0.15) is 12.5 Å². The van der Waals surface area contributed by atoms with E-state index in [2.05, 4.69) is 29.1 Å². The molecule has 19 heavy (non-hydrogen) atoms. The van der Waals surface area contributed by atoms with Gasteiger partial charge in [0.15, 0.2) is 0 Å². The first-order chi connectivity index (χ1) is 8.92. The van der Waals surface area contributed by atoms with Crippen LogP contribution in [0.4, 0.5) is 17.3 Å². The number of halogens is 4. The van der Waals surface area contributed by atoms with Crippen LogP contribution in [0.3, 0.4) is 0 Å². The van der Waals surface area contributed by atoms with Gasteiger partial charge in [0, 0.05) is 12.3 Å². The molecule has 1 nitrogen and oxygen atoms in total. The number of nitrogens with zero attached hydrogens (tertiary/aromatic N) is 1. The molecule has 2 aromatic rings. The van der Waals surface area contributed by atoms with Crippen LogP contribution >= 0.6 is 0 Å². The van der Waals surface area contributed by atoms with Crippen molar-refractivity contribution in [2.75, 3.05) is 6.54 Å². The molecule has 0 unspecified atom stereocenters. The van der Waals surface area contributed by atoms with Crippen molar-refractivity contribution in [2.45, 2.75) is 6.92 Å². The van der Waals surface area contributed by atoms with E-state index in [0.717, 1.165) is 12.1 Å². The molecule has 0 saturated carbocycles. The highest BCUT2D eigenvalue weighted by Crippen LogP contribution is 2.17. The van der Waals surface area contributed by atoms with Crippen molar-refractivity contribution < 1.29 is 17.3 Å². The van der Waals surface area contributed by atoms with E-state index in [9.17, 15) is 17.3 Å². The minimum absolute atomic E-state index is 0.781. The Bertz CT molecular complexity index is 587. The summed E-state index contributed by atoms with van der Waals surface area (Å²) in [7, 11) is -6.00. The van der Waals surface area contributed by atoms with E-state index in [1.807, 2.05) is 31.2 Å². The van der Waals surface area contributed by atoms with E-state index in [0.29, 0.717) is 0 Å². The first kappa shape index (κ1) is 15.0. The maximum Gasteiger partial charge on any atom is 0.673 e. The van der Waals surface area contributed by atoms with Gasteiger partial charge >= 0.3 is 13.3 Å². The summed E-state index contributed by atoms with van der Waals surface area (Å²) in [6.45, 7) is 2.79. The van der Waals surface area contributed by atoms with Crippen molar-refractivity contribution in [2.24, 2.45) is 0 Å². The van der Waals surface area contributed by atoms with Crippen molar-refractivity contribution in [1.29, 1.82) is 0 Å². The molecule has 100 valence electrons. The lowest BCUT2D eigenvalue weighted by Crippen LogP contribution is -2.02. The van der Waals surface area contributed by atoms with Gasteiger partial charge in [-0.2, -0.15) is 0 Å². The lowest BCUT2D eigenvalue weighted by molar-refractivity contribution is 0.368. The van der Waals surface area contributed by atoms with Gasteiger partial charge in [-0.15, -0.1) is 0 Å². The molecule has 0 aromatic heterocycles. The summed E-state index contributed by atoms with van der Waals surface area (Å²) < 4.78 is 39.0. The summed E-state index contributed by atoms with van der Waals surface area (Å²) in [5.74, 6) is 0. The standard InChI is InChI=1S/C13H12N.BF4/c1-2-14-10-12-8-5-7-11-6-3-4-9-13(11)12;2-1(3,4)5/h3-9H,2H2,1H3;/q+1;-1. The van der Waals surface area contributed by atoms with Crippen molar-refractivity contribution in [3.05, 3.63) is 52.9 Å². The molecule has 0 saturated heterocycles. The summed E-state index contributed by atoms with van der Waals surface area (Å²) in [5, 5.41) is 2.45. The fraction of sp³-hybridized carbons (Fsp3) is 0.154. The third-order valence-electron chi connectivity index (χ3n) is 2.15. The monoisotopic (exact) mass is 269 g/mol. The number of hydrogen-bond donors (Lipinski definition) is 0. The Labute approximate surface area is 108 Å². The highest BCUT2D eigenvalue weighted by molar-refractivity contribution is 6.50. The third kappa shape index (κ3) is 5.91. The highest BCUT2D eigenvalue weighted by atomic mass is 19.5. The summed E-state index contributed by atoms with van der Waals surface area (Å²) in [4.78, 5) is 4.14. The van der Waals surface area contributed by atoms with Crippen molar-refractivity contribution in [3.8, 4) is 6.07 Å². The first-order valence-corrected chi connectivity index (χ1v) is 5.69. The van der Waals surface area contributed by atoms with Gasteiger partial charge in [-0.1, -0.05) is 41.2 Å². The lowest BCUT2D eigenvalue weighted by atomic mass is 10.1. The van der Waals surface area contributed by atoms with Gasteiger partial charge in [-0.05, 0) is 11.5 Å². The molecule has 0 atom stereocenters. The van der Waals surface area contributed by atoms with Crippen LogP contribution in [0.15, 0.2) is 42.5 Å². The Hall–Kier alpha value is -2.03. The van der Waals surface area contributed by atoms with Crippen LogP contribution in [0.2, 0.25) is 0 Å². The predicted octanol–water partition coefficient (Wildman–Crippen LogP) is 4.84. The normalized spacial score (nSPS) is 10.2. The SMILES string of the molecule is CC[N+]#Cc1cccc2ccccc12.F[B-](F)(F)F. The molecule has 0 spiro atoms. The van der Waals surface area contributed by atoms with Crippen molar-refractivity contribution in [3.63, 3.8) is 0 Å². The Morgan fingerprint density at radius 3 is 2.21 bits per heavy atom. The first-order valence-electron chi connectivity index (χ1n) is 5.69. The second-order valence-corrected chi connectivity index (χ2v) is 3.61. The van der Waals surface area contributed by atoms with E-state index in [1.165, 1.54) is 10.8 Å². The Morgan fingerprint density at radius 1 is 1.00 bits per heavy atom. The Morgan fingerprint density at radius 2 is 1.58 bits per heavy atom. The summed E-state index contributed by atoms with van der Waals surface area (Å²) in [6.07, 6.45) is 0. The van der Waals surface area contributed by atoms with Crippen molar-refractivity contribution >= 4 is 18.0 Å². The van der Waals surface area contributed by atoms with Crippen LogP contribution in [0.5, 0.6) is 0 Å². The zero-order chi connectivity index (χ0) is 14.3. The predicted molar refractivity (Wildman–Crippen MR) is 71.0 cm³/mol. The van der Waals surface area contributed by atoms with Crippen LogP contribution in [-0.2, 0) is 0 Å². The topological polar surface area (TPSA) is 4.36 Å². The highest BCUT2D eigenvalue weighted by Gasteiger charge is 2.20. The second-order valence-electron chi connectivity index (χ2n) is 3.61. The molecule has 2 aromatic carbocycles. The molecule has 2 rings (SSSR count). The Balaban J connectivity index is 0.000000312. The van der Waals surface area contributed by atoms with Gasteiger partial charge in [0.1, 0.15) is 5.56 Å². The second kappa shape index (κ2) is 6.79. The van der Waals surface area contributed by atoms with E-state index in [1.54, 1.807) is 0 Å². The third-order valence-corrected chi connectivity index (χ3v) is 2.15. The van der Waals surface area contributed by atoms with E-state index < -0.39 is 7.25 Å². The van der Waals surface area contributed by atoms with Crippen LogP contribution in [0.25, 0.3) is 15.6 Å². The number of benzene rings is 2. The molecule has 0 heterocycles. The molecule has 0 aliphatic heterocycles. The fourth-order valence-electron chi connectivity index (χ4n) is 1.49.